The van der Waals surface area contributed by atoms with Gasteiger partial charge in [-0.3, -0.25) is 9.89 Å². The molecule has 102 valence electrons. The van der Waals surface area contributed by atoms with Crippen LogP contribution in [0.4, 0.5) is 0 Å². The minimum Gasteiger partial charge on any atom is -0.467 e. The number of rotatable bonds is 4. The highest BCUT2D eigenvalue weighted by molar-refractivity contribution is 5.92. The van der Waals surface area contributed by atoms with Crippen LogP contribution in [0.3, 0.4) is 0 Å². The van der Waals surface area contributed by atoms with Gasteiger partial charge in [0.15, 0.2) is 0 Å². The predicted octanol–water partition coefficient (Wildman–Crippen LogP) is 2.96. The number of carbonyl (C=O) groups is 1. The molecule has 0 fully saturated rings. The molecule has 2 aromatic rings. The summed E-state index contributed by atoms with van der Waals surface area (Å²) in [6, 6.07) is 5.36. The molecule has 2 aromatic heterocycles. The summed E-state index contributed by atoms with van der Waals surface area (Å²) in [6.07, 6.45) is 1.61. The van der Waals surface area contributed by atoms with E-state index in [-0.39, 0.29) is 11.9 Å². The molecule has 0 aliphatic heterocycles. The fraction of sp³-hybridized carbons (Fsp3) is 0.429. The van der Waals surface area contributed by atoms with E-state index in [0.717, 1.165) is 11.5 Å². The van der Waals surface area contributed by atoms with Crippen LogP contribution in [0.5, 0.6) is 0 Å². The first-order valence-electron chi connectivity index (χ1n) is 6.36. The Balaban J connectivity index is 2.14. The standard InChI is InChI=1S/C14H19N3O2/c1-9(2)11-8-12(16-15-11)14(18)17(4)10(3)13-6-5-7-19-13/h5-10H,1-4H3,(H,15,16). The molecule has 0 aromatic carbocycles. The van der Waals surface area contributed by atoms with Crippen molar-refractivity contribution in [2.75, 3.05) is 7.05 Å². The van der Waals surface area contributed by atoms with E-state index in [9.17, 15) is 4.79 Å². The van der Waals surface area contributed by atoms with E-state index in [1.807, 2.05) is 19.1 Å². The van der Waals surface area contributed by atoms with Crippen LogP contribution in [0.1, 0.15) is 54.7 Å². The zero-order valence-electron chi connectivity index (χ0n) is 11.7. The van der Waals surface area contributed by atoms with E-state index in [0.29, 0.717) is 11.6 Å². The maximum Gasteiger partial charge on any atom is 0.274 e. The first-order valence-corrected chi connectivity index (χ1v) is 6.36. The smallest absolute Gasteiger partial charge is 0.274 e. The molecule has 0 aliphatic rings. The van der Waals surface area contributed by atoms with E-state index in [2.05, 4.69) is 24.0 Å². The summed E-state index contributed by atoms with van der Waals surface area (Å²) < 4.78 is 5.32. The number of carbonyl (C=O) groups excluding carboxylic acids is 1. The first kappa shape index (κ1) is 13.4. The molecule has 0 radical (unpaired) electrons. The summed E-state index contributed by atoms with van der Waals surface area (Å²) in [6.45, 7) is 6.03. The second-order valence-electron chi connectivity index (χ2n) is 4.97. The molecule has 1 N–H and O–H groups in total. The van der Waals surface area contributed by atoms with Gasteiger partial charge in [-0.05, 0) is 31.0 Å². The number of aromatic amines is 1. The van der Waals surface area contributed by atoms with Crippen molar-refractivity contribution >= 4 is 5.91 Å². The Labute approximate surface area is 112 Å². The third kappa shape index (κ3) is 2.70. The summed E-state index contributed by atoms with van der Waals surface area (Å²) >= 11 is 0. The number of furan rings is 1. The van der Waals surface area contributed by atoms with Crippen molar-refractivity contribution in [1.82, 2.24) is 15.1 Å². The third-order valence-corrected chi connectivity index (χ3v) is 3.30. The van der Waals surface area contributed by atoms with E-state index >= 15 is 0 Å². The number of aromatic nitrogens is 2. The normalized spacial score (nSPS) is 12.7. The lowest BCUT2D eigenvalue weighted by Crippen LogP contribution is -2.29. The van der Waals surface area contributed by atoms with Gasteiger partial charge in [0.2, 0.25) is 0 Å². The maximum absolute atomic E-state index is 12.3. The van der Waals surface area contributed by atoms with E-state index in [1.54, 1.807) is 24.3 Å². The van der Waals surface area contributed by atoms with Crippen molar-refractivity contribution in [2.24, 2.45) is 0 Å². The largest absolute Gasteiger partial charge is 0.467 e. The van der Waals surface area contributed by atoms with Gasteiger partial charge in [-0.2, -0.15) is 5.10 Å². The molecule has 1 atom stereocenters. The van der Waals surface area contributed by atoms with Gasteiger partial charge >= 0.3 is 0 Å². The van der Waals surface area contributed by atoms with Crippen LogP contribution in [0.15, 0.2) is 28.9 Å². The summed E-state index contributed by atoms with van der Waals surface area (Å²) in [5.41, 5.74) is 1.40. The number of H-pyrrole nitrogens is 1. The van der Waals surface area contributed by atoms with Crippen LogP contribution in [0.25, 0.3) is 0 Å². The highest BCUT2D eigenvalue weighted by atomic mass is 16.3. The molecule has 5 nitrogen and oxygen atoms in total. The molecule has 0 aliphatic carbocycles. The topological polar surface area (TPSA) is 62.1 Å². The number of nitrogens with one attached hydrogen (secondary N) is 1. The molecular formula is C14H19N3O2. The third-order valence-electron chi connectivity index (χ3n) is 3.30. The maximum atomic E-state index is 12.3. The lowest BCUT2D eigenvalue weighted by molar-refractivity contribution is 0.0720. The zero-order chi connectivity index (χ0) is 14.0. The van der Waals surface area contributed by atoms with Gasteiger partial charge in [0, 0.05) is 12.7 Å². The highest BCUT2D eigenvalue weighted by Gasteiger charge is 2.22. The molecule has 1 unspecified atom stereocenters. The first-order chi connectivity index (χ1) is 9.00. The lowest BCUT2D eigenvalue weighted by Gasteiger charge is -2.22. The van der Waals surface area contributed by atoms with Gasteiger partial charge < -0.3 is 9.32 Å². The summed E-state index contributed by atoms with van der Waals surface area (Å²) in [5, 5.41) is 6.97. The number of amides is 1. The van der Waals surface area contributed by atoms with Gasteiger partial charge in [0.1, 0.15) is 11.5 Å². The number of hydrogen-bond acceptors (Lipinski definition) is 3. The van der Waals surface area contributed by atoms with Crippen molar-refractivity contribution < 1.29 is 9.21 Å². The Kier molecular flexibility index (Phi) is 3.74. The SMILES string of the molecule is CC(C)c1cc(C(=O)N(C)C(C)c2ccco2)n[nH]1. The molecule has 2 rings (SSSR count). The molecule has 1 amide bonds. The minimum absolute atomic E-state index is 0.118. The molecule has 0 spiro atoms. The van der Waals surface area contributed by atoms with E-state index in [1.165, 1.54) is 0 Å². The second kappa shape index (κ2) is 5.30. The Morgan fingerprint density at radius 2 is 2.16 bits per heavy atom. The van der Waals surface area contributed by atoms with Gasteiger partial charge in [-0.15, -0.1) is 0 Å². The quantitative estimate of drug-likeness (QED) is 0.920. The van der Waals surface area contributed by atoms with Crippen LogP contribution < -0.4 is 0 Å². The average Bonchev–Trinajstić information content (AvgIpc) is 3.06. The number of hydrogen-bond donors (Lipinski definition) is 1. The summed E-state index contributed by atoms with van der Waals surface area (Å²) in [7, 11) is 1.75. The average molecular weight is 261 g/mol. The molecule has 0 bridgehead atoms. The molecule has 19 heavy (non-hydrogen) atoms. The van der Waals surface area contributed by atoms with Crippen LogP contribution in [0.2, 0.25) is 0 Å². The van der Waals surface area contributed by atoms with Crippen molar-refractivity contribution in [3.63, 3.8) is 0 Å². The minimum atomic E-state index is -0.123. The molecule has 5 heteroatoms. The van der Waals surface area contributed by atoms with Crippen LogP contribution in [-0.4, -0.2) is 28.1 Å². The van der Waals surface area contributed by atoms with Gasteiger partial charge in [-0.1, -0.05) is 13.8 Å². The highest BCUT2D eigenvalue weighted by Crippen LogP contribution is 2.21. The van der Waals surface area contributed by atoms with Crippen LogP contribution in [-0.2, 0) is 0 Å². The van der Waals surface area contributed by atoms with Crippen LogP contribution >= 0.6 is 0 Å². The molecule has 0 saturated carbocycles. The Morgan fingerprint density at radius 3 is 2.68 bits per heavy atom. The molecular weight excluding hydrogens is 242 g/mol. The predicted molar refractivity (Wildman–Crippen MR) is 71.9 cm³/mol. The fourth-order valence-electron chi connectivity index (χ4n) is 1.82. The van der Waals surface area contributed by atoms with Crippen molar-refractivity contribution in [3.05, 3.63) is 41.6 Å². The Morgan fingerprint density at radius 1 is 1.42 bits per heavy atom. The van der Waals surface area contributed by atoms with Gasteiger partial charge in [0.25, 0.3) is 5.91 Å². The second-order valence-corrected chi connectivity index (χ2v) is 4.97. The van der Waals surface area contributed by atoms with Crippen molar-refractivity contribution in [1.29, 1.82) is 0 Å². The van der Waals surface area contributed by atoms with E-state index < -0.39 is 0 Å². The Hall–Kier alpha value is -2.04. The van der Waals surface area contributed by atoms with Gasteiger partial charge in [-0.25, -0.2) is 0 Å². The zero-order valence-corrected chi connectivity index (χ0v) is 11.7. The Bertz CT molecular complexity index is 543. The molecule has 0 saturated heterocycles. The van der Waals surface area contributed by atoms with Gasteiger partial charge in [0.05, 0.1) is 12.3 Å². The monoisotopic (exact) mass is 261 g/mol. The van der Waals surface area contributed by atoms with Crippen molar-refractivity contribution in [3.8, 4) is 0 Å². The van der Waals surface area contributed by atoms with Crippen molar-refractivity contribution in [2.45, 2.75) is 32.7 Å². The summed E-state index contributed by atoms with van der Waals surface area (Å²) in [5.74, 6) is 0.962. The lowest BCUT2D eigenvalue weighted by atomic mass is 10.1. The van der Waals surface area contributed by atoms with E-state index in [4.69, 9.17) is 4.42 Å². The number of nitrogens with zero attached hydrogens (tertiary/aromatic N) is 2. The summed E-state index contributed by atoms with van der Waals surface area (Å²) in [4.78, 5) is 13.9. The fourth-order valence-corrected chi connectivity index (χ4v) is 1.82. The van der Waals surface area contributed by atoms with Crippen LogP contribution in [0, 0.1) is 0 Å². The molecule has 2 heterocycles.